The van der Waals surface area contributed by atoms with E-state index in [4.69, 9.17) is 21.1 Å². The van der Waals surface area contributed by atoms with Gasteiger partial charge in [-0.05, 0) is 43.2 Å². The summed E-state index contributed by atoms with van der Waals surface area (Å²) in [5.74, 6) is 0.832. The monoisotopic (exact) mass is 380 g/mol. The van der Waals surface area contributed by atoms with Crippen LogP contribution in [0.4, 0.5) is 0 Å². The van der Waals surface area contributed by atoms with Gasteiger partial charge in [-0.3, -0.25) is 4.98 Å². The minimum Gasteiger partial charge on any atom is -0.490 e. The molecule has 0 amide bonds. The van der Waals surface area contributed by atoms with E-state index in [0.717, 1.165) is 40.5 Å². The van der Waals surface area contributed by atoms with E-state index >= 15 is 0 Å². The Labute approximate surface area is 160 Å². The van der Waals surface area contributed by atoms with Crippen molar-refractivity contribution in [2.75, 3.05) is 6.61 Å². The van der Waals surface area contributed by atoms with Crippen LogP contribution in [0, 0.1) is 0 Å². The summed E-state index contributed by atoms with van der Waals surface area (Å²) in [6.45, 7) is 0.499. The van der Waals surface area contributed by atoms with Crippen LogP contribution in [0.25, 0.3) is 21.9 Å². The lowest BCUT2D eigenvalue weighted by Crippen LogP contribution is -2.18. The van der Waals surface area contributed by atoms with E-state index in [1.54, 1.807) is 6.20 Å². The van der Waals surface area contributed by atoms with Crippen LogP contribution >= 0.6 is 11.6 Å². The predicted octanol–water partition coefficient (Wildman–Crippen LogP) is 4.39. The first-order valence-electron chi connectivity index (χ1n) is 8.88. The van der Waals surface area contributed by atoms with Crippen LogP contribution in [0.3, 0.4) is 0 Å². The lowest BCUT2D eigenvalue weighted by atomic mass is 10.2. The van der Waals surface area contributed by atoms with Gasteiger partial charge in [0.15, 0.2) is 0 Å². The average Bonchev–Trinajstić information content (AvgIpc) is 3.34. The third-order valence-electron chi connectivity index (χ3n) is 4.89. The smallest absolute Gasteiger partial charge is 0.146 e. The summed E-state index contributed by atoms with van der Waals surface area (Å²) in [5.41, 5.74) is 1.72. The fraction of sp³-hybridized carbons (Fsp3) is 0.250. The van der Waals surface area contributed by atoms with Gasteiger partial charge in [0.05, 0.1) is 17.0 Å². The number of hydrogen-bond acceptors (Lipinski definition) is 5. The van der Waals surface area contributed by atoms with Gasteiger partial charge in [0.25, 0.3) is 0 Å². The fourth-order valence-corrected chi connectivity index (χ4v) is 3.76. The van der Waals surface area contributed by atoms with Crippen molar-refractivity contribution in [3.8, 4) is 5.75 Å². The number of pyridine rings is 1. The summed E-state index contributed by atoms with van der Waals surface area (Å²) < 4.78 is 14.3. The number of halogens is 1. The van der Waals surface area contributed by atoms with E-state index in [-0.39, 0.29) is 12.3 Å². The Balaban J connectivity index is 1.30. The van der Waals surface area contributed by atoms with E-state index in [2.05, 4.69) is 15.0 Å². The van der Waals surface area contributed by atoms with Crippen molar-refractivity contribution < 1.29 is 9.47 Å². The van der Waals surface area contributed by atoms with Gasteiger partial charge < -0.3 is 14.0 Å². The zero-order valence-corrected chi connectivity index (χ0v) is 15.2. The Morgan fingerprint density at radius 1 is 1.07 bits per heavy atom. The zero-order chi connectivity index (χ0) is 18.2. The molecular weight excluding hydrogens is 364 g/mol. The van der Waals surface area contributed by atoms with Crippen molar-refractivity contribution in [2.24, 2.45) is 0 Å². The molecule has 0 N–H and O–H groups in total. The number of rotatable bonds is 4. The number of benzene rings is 1. The summed E-state index contributed by atoms with van der Waals surface area (Å²) >= 11 is 6.14. The first-order chi connectivity index (χ1) is 13.3. The zero-order valence-electron chi connectivity index (χ0n) is 14.5. The van der Waals surface area contributed by atoms with Crippen molar-refractivity contribution in [2.45, 2.75) is 25.2 Å². The number of fused-ring (bicyclic) bond motifs is 2. The van der Waals surface area contributed by atoms with Gasteiger partial charge in [-0.2, -0.15) is 0 Å². The average molecular weight is 381 g/mol. The van der Waals surface area contributed by atoms with Crippen LogP contribution < -0.4 is 4.74 Å². The molecule has 7 heteroatoms. The van der Waals surface area contributed by atoms with E-state index in [0.29, 0.717) is 11.8 Å². The van der Waals surface area contributed by atoms with Gasteiger partial charge in [0.1, 0.15) is 35.7 Å². The number of aromatic nitrogens is 4. The molecule has 0 saturated carbocycles. The molecular formula is C20H17ClN4O2. The minimum absolute atomic E-state index is 0.0247. The molecule has 5 rings (SSSR count). The van der Waals surface area contributed by atoms with Crippen LogP contribution in [0.15, 0.2) is 55.1 Å². The van der Waals surface area contributed by atoms with Crippen LogP contribution in [0.5, 0.6) is 5.75 Å². The normalized spacial score (nSPS) is 19.7. The minimum atomic E-state index is -0.0729. The van der Waals surface area contributed by atoms with E-state index < -0.39 is 0 Å². The van der Waals surface area contributed by atoms with Crippen LogP contribution in [0.1, 0.15) is 19.1 Å². The summed E-state index contributed by atoms with van der Waals surface area (Å²) in [4.78, 5) is 12.7. The molecule has 6 nitrogen and oxygen atoms in total. The molecule has 0 radical (unpaired) electrons. The Hall–Kier alpha value is -2.70. The van der Waals surface area contributed by atoms with Crippen molar-refractivity contribution in [1.29, 1.82) is 0 Å². The molecule has 1 fully saturated rings. The molecule has 3 aromatic heterocycles. The largest absolute Gasteiger partial charge is 0.490 e. The maximum absolute atomic E-state index is 6.21. The van der Waals surface area contributed by atoms with Gasteiger partial charge in [-0.15, -0.1) is 0 Å². The van der Waals surface area contributed by atoms with Crippen molar-refractivity contribution in [3.05, 3.63) is 60.3 Å². The van der Waals surface area contributed by atoms with E-state index in [1.807, 2.05) is 47.2 Å². The predicted molar refractivity (Wildman–Crippen MR) is 103 cm³/mol. The SMILES string of the molecule is Clc1ncnc2c1ccn2[C@H]1CC[C@@H](COc2cccc3ncccc23)O1. The quantitative estimate of drug-likeness (QED) is 0.491. The van der Waals surface area contributed by atoms with Gasteiger partial charge in [0, 0.05) is 17.8 Å². The number of hydrogen-bond donors (Lipinski definition) is 0. The van der Waals surface area contributed by atoms with Crippen LogP contribution in [-0.2, 0) is 4.74 Å². The summed E-state index contributed by atoms with van der Waals surface area (Å²) in [6.07, 6.45) is 6.99. The summed E-state index contributed by atoms with van der Waals surface area (Å²) in [7, 11) is 0. The Bertz CT molecular complexity index is 1110. The van der Waals surface area contributed by atoms with E-state index in [9.17, 15) is 0 Å². The molecule has 4 heterocycles. The lowest BCUT2D eigenvalue weighted by molar-refractivity contribution is -0.0153. The van der Waals surface area contributed by atoms with Gasteiger partial charge in [-0.1, -0.05) is 17.7 Å². The molecule has 27 heavy (non-hydrogen) atoms. The van der Waals surface area contributed by atoms with Crippen molar-refractivity contribution in [1.82, 2.24) is 19.5 Å². The number of nitrogens with zero attached hydrogens (tertiary/aromatic N) is 4. The van der Waals surface area contributed by atoms with Crippen LogP contribution in [0.2, 0.25) is 5.15 Å². The number of ether oxygens (including phenoxy) is 2. The second-order valence-corrected chi connectivity index (χ2v) is 6.91. The maximum atomic E-state index is 6.21. The highest BCUT2D eigenvalue weighted by Crippen LogP contribution is 2.33. The molecule has 136 valence electrons. The molecule has 1 aliphatic heterocycles. The molecule has 0 unspecified atom stereocenters. The lowest BCUT2D eigenvalue weighted by Gasteiger charge is -2.17. The van der Waals surface area contributed by atoms with Crippen molar-refractivity contribution in [3.63, 3.8) is 0 Å². The Morgan fingerprint density at radius 2 is 2.04 bits per heavy atom. The molecule has 0 spiro atoms. The Kier molecular flexibility index (Phi) is 4.14. The molecule has 1 aromatic carbocycles. The topological polar surface area (TPSA) is 62.1 Å². The molecule has 1 aliphatic rings. The highest BCUT2D eigenvalue weighted by molar-refractivity contribution is 6.33. The third-order valence-corrected chi connectivity index (χ3v) is 5.19. The fourth-order valence-electron chi connectivity index (χ4n) is 3.57. The molecule has 2 atom stereocenters. The maximum Gasteiger partial charge on any atom is 0.146 e. The van der Waals surface area contributed by atoms with E-state index in [1.165, 1.54) is 6.33 Å². The molecule has 0 bridgehead atoms. The van der Waals surface area contributed by atoms with Gasteiger partial charge in [0.2, 0.25) is 0 Å². The molecule has 1 saturated heterocycles. The molecule has 0 aliphatic carbocycles. The summed E-state index contributed by atoms with van der Waals surface area (Å²) in [6, 6.07) is 11.8. The highest BCUT2D eigenvalue weighted by Gasteiger charge is 2.28. The second kappa shape index (κ2) is 6.79. The molecule has 4 aromatic rings. The third kappa shape index (κ3) is 3.01. The first-order valence-corrected chi connectivity index (χ1v) is 9.26. The highest BCUT2D eigenvalue weighted by atomic mass is 35.5. The van der Waals surface area contributed by atoms with Crippen LogP contribution in [-0.4, -0.2) is 32.2 Å². The summed E-state index contributed by atoms with van der Waals surface area (Å²) in [5, 5.41) is 2.31. The van der Waals surface area contributed by atoms with Gasteiger partial charge in [-0.25, -0.2) is 9.97 Å². The Morgan fingerprint density at radius 3 is 3.00 bits per heavy atom. The first kappa shape index (κ1) is 16.5. The second-order valence-electron chi connectivity index (χ2n) is 6.55. The standard InChI is InChI=1S/C20H17ClN4O2/c21-19-15-8-10-25(20(15)24-12-23-19)18-7-6-13(27-18)11-26-17-5-1-4-16-14(17)3-2-9-22-16/h1-5,8-10,12-13,18H,6-7,11H2/t13-,18+/m0/s1. The van der Waals surface area contributed by atoms with Crippen molar-refractivity contribution >= 4 is 33.5 Å². The van der Waals surface area contributed by atoms with Gasteiger partial charge >= 0.3 is 0 Å².